The molecule has 2 nitrogen and oxygen atoms in total. The van der Waals surface area contributed by atoms with E-state index >= 15 is 0 Å². The highest BCUT2D eigenvalue weighted by molar-refractivity contribution is 7.59. The highest BCUT2D eigenvalue weighted by Gasteiger charge is 1.54. The Morgan fingerprint density at radius 2 is 0.750 bits per heavy atom. The predicted molar refractivity (Wildman–Crippen MR) is 59.6 cm³/mol. The van der Waals surface area contributed by atoms with Gasteiger partial charge in [-0.3, -0.25) is 0 Å². The zero-order valence-corrected chi connectivity index (χ0v) is 8.57. The van der Waals surface area contributed by atoms with Crippen LogP contribution < -0.4 is 11.5 Å². The molecule has 58 valence electrons. The van der Waals surface area contributed by atoms with E-state index in [2.05, 4.69) is 0 Å². The van der Waals surface area contributed by atoms with Crippen LogP contribution in [0.1, 0.15) is 0 Å². The molecule has 0 aliphatic heterocycles. The average Bonchev–Trinajstić information content (AvgIpc) is 1.37. The van der Waals surface area contributed by atoms with E-state index in [1.165, 1.54) is 0 Å². The van der Waals surface area contributed by atoms with E-state index in [0.29, 0.717) is 13.1 Å². The Kier molecular flexibility index (Phi) is 175. The van der Waals surface area contributed by atoms with Crippen molar-refractivity contribution in [1.82, 2.24) is 0 Å². The summed E-state index contributed by atoms with van der Waals surface area (Å²) in [6.45, 7) is 1.19. The van der Waals surface area contributed by atoms with Crippen molar-refractivity contribution in [2.75, 3.05) is 13.1 Å². The summed E-state index contributed by atoms with van der Waals surface area (Å²) in [6, 6.07) is 0. The highest BCUT2D eigenvalue weighted by atomic mass is 32.1. The maximum atomic E-state index is 4.90. The van der Waals surface area contributed by atoms with Crippen LogP contribution in [0.25, 0.3) is 0 Å². The van der Waals surface area contributed by atoms with Gasteiger partial charge in [0.2, 0.25) is 0 Å². The van der Waals surface area contributed by atoms with Gasteiger partial charge in [0, 0.05) is 13.1 Å². The monoisotopic (exact) mass is 196 g/mol. The third-order valence-corrected chi connectivity index (χ3v) is 0.167. The Labute approximate surface area is 78.6 Å². The fraction of sp³-hybridized carbons (Fsp3) is 1.00. The molecule has 0 atom stereocenters. The van der Waals surface area contributed by atoms with E-state index < -0.39 is 0 Å². The second kappa shape index (κ2) is 40.4. The smallest absolute Gasteiger partial charge is 0.00461 e. The lowest BCUT2D eigenvalue weighted by Gasteiger charge is -1.72. The molecule has 0 aromatic heterocycles. The first-order valence-corrected chi connectivity index (χ1v) is 1.32. The first-order chi connectivity index (χ1) is 1.91. The maximum Gasteiger partial charge on any atom is 0.00461 e. The molecule has 0 bridgehead atoms. The summed E-state index contributed by atoms with van der Waals surface area (Å²) >= 11 is 0. The second-order valence-electron chi connectivity index (χ2n) is 0.577. The van der Waals surface area contributed by atoms with Gasteiger partial charge in [-0.2, -0.15) is 54.0 Å². The molecule has 0 fully saturated rings. The summed E-state index contributed by atoms with van der Waals surface area (Å²) in [6.07, 6.45) is 0. The minimum atomic E-state index is 0. The summed E-state index contributed by atoms with van der Waals surface area (Å²) in [5.41, 5.74) is 9.81. The molecule has 4 N–H and O–H groups in total. The van der Waals surface area contributed by atoms with Gasteiger partial charge < -0.3 is 11.5 Å². The van der Waals surface area contributed by atoms with Crippen molar-refractivity contribution < 1.29 is 0 Å². The van der Waals surface area contributed by atoms with Crippen LogP contribution >= 0.6 is 54.0 Å². The topological polar surface area (TPSA) is 52.0 Å². The Morgan fingerprint density at radius 1 is 0.625 bits per heavy atom. The van der Waals surface area contributed by atoms with E-state index in [9.17, 15) is 0 Å². The third-order valence-electron chi connectivity index (χ3n) is 0.167. The fourth-order valence-electron chi connectivity index (χ4n) is 0. The lowest BCUT2D eigenvalue weighted by molar-refractivity contribution is 0.976. The summed E-state index contributed by atoms with van der Waals surface area (Å²) < 4.78 is 0. The molecule has 0 unspecified atom stereocenters. The maximum absolute atomic E-state index is 4.90. The van der Waals surface area contributed by atoms with Crippen LogP contribution in [-0.2, 0) is 0 Å². The van der Waals surface area contributed by atoms with Crippen LogP contribution in [0.5, 0.6) is 0 Å². The third kappa shape index (κ3) is 54.3. The standard InChI is InChI=1S/C2H8N2.4H2S/c3-1-2-4;;;;/h1-4H2;4*1H2. The Bertz CT molecular complexity index is 14.0. The van der Waals surface area contributed by atoms with Gasteiger partial charge in [-0.1, -0.05) is 0 Å². The molecule has 8 heavy (non-hydrogen) atoms. The molecular weight excluding hydrogens is 180 g/mol. The van der Waals surface area contributed by atoms with Gasteiger partial charge in [0.25, 0.3) is 0 Å². The quantitative estimate of drug-likeness (QED) is 0.586. The number of rotatable bonds is 1. The van der Waals surface area contributed by atoms with Crippen LogP contribution in [0.4, 0.5) is 0 Å². The van der Waals surface area contributed by atoms with Crippen molar-refractivity contribution in [3.63, 3.8) is 0 Å². The van der Waals surface area contributed by atoms with Crippen LogP contribution in [0, 0.1) is 0 Å². The first-order valence-electron chi connectivity index (χ1n) is 1.32. The molecule has 0 rings (SSSR count). The Hall–Kier alpha value is 1.32. The van der Waals surface area contributed by atoms with Gasteiger partial charge in [-0.25, -0.2) is 0 Å². The van der Waals surface area contributed by atoms with E-state index in [1.54, 1.807) is 0 Å². The van der Waals surface area contributed by atoms with Crippen LogP contribution in [-0.4, -0.2) is 13.1 Å². The van der Waals surface area contributed by atoms with E-state index in [-0.39, 0.29) is 54.0 Å². The summed E-state index contributed by atoms with van der Waals surface area (Å²) in [7, 11) is 0. The van der Waals surface area contributed by atoms with Crippen molar-refractivity contribution in [2.24, 2.45) is 11.5 Å². The van der Waals surface area contributed by atoms with Gasteiger partial charge in [0.05, 0.1) is 0 Å². The molecule has 0 aromatic rings. The van der Waals surface area contributed by atoms with E-state index in [1.807, 2.05) is 0 Å². The zero-order chi connectivity index (χ0) is 3.41. The minimum Gasteiger partial charge on any atom is -0.329 e. The molecule has 0 aliphatic carbocycles. The summed E-state index contributed by atoms with van der Waals surface area (Å²) in [5, 5.41) is 0. The molecule has 0 heterocycles. The molecule has 0 saturated carbocycles. The first kappa shape index (κ1) is 34.6. The number of hydrogen-bond acceptors (Lipinski definition) is 2. The Balaban J connectivity index is -0.00000000750. The van der Waals surface area contributed by atoms with Crippen LogP contribution in [0.2, 0.25) is 0 Å². The van der Waals surface area contributed by atoms with Crippen LogP contribution in [0.15, 0.2) is 0 Å². The van der Waals surface area contributed by atoms with Gasteiger partial charge in [-0.15, -0.1) is 0 Å². The molecule has 0 saturated heterocycles. The van der Waals surface area contributed by atoms with Gasteiger partial charge in [0.1, 0.15) is 0 Å². The fourth-order valence-corrected chi connectivity index (χ4v) is 0. The second-order valence-corrected chi connectivity index (χ2v) is 0.577. The normalized spacial score (nSPS) is 3.75. The molecular formula is C2H16N2S4. The molecule has 0 radical (unpaired) electrons. The van der Waals surface area contributed by atoms with Crippen molar-refractivity contribution in [2.45, 2.75) is 0 Å². The van der Waals surface area contributed by atoms with E-state index in [0.717, 1.165) is 0 Å². The lowest BCUT2D eigenvalue weighted by atomic mass is 10.7. The predicted octanol–water partition coefficient (Wildman–Crippen LogP) is -0.645. The van der Waals surface area contributed by atoms with Crippen molar-refractivity contribution in [1.29, 1.82) is 0 Å². The number of nitrogens with two attached hydrogens (primary N) is 2. The lowest BCUT2D eigenvalue weighted by Crippen LogP contribution is -2.11. The molecule has 0 spiro atoms. The summed E-state index contributed by atoms with van der Waals surface area (Å²) in [4.78, 5) is 0. The molecule has 6 heteroatoms. The highest BCUT2D eigenvalue weighted by Crippen LogP contribution is 1.24. The zero-order valence-electron chi connectivity index (χ0n) is 4.57. The Morgan fingerprint density at radius 3 is 0.750 bits per heavy atom. The molecule has 0 aromatic carbocycles. The van der Waals surface area contributed by atoms with Crippen molar-refractivity contribution in [3.05, 3.63) is 0 Å². The molecule has 0 amide bonds. The van der Waals surface area contributed by atoms with Gasteiger partial charge in [-0.05, 0) is 0 Å². The summed E-state index contributed by atoms with van der Waals surface area (Å²) in [5.74, 6) is 0. The molecule has 0 aliphatic rings. The van der Waals surface area contributed by atoms with Gasteiger partial charge >= 0.3 is 0 Å². The average molecular weight is 196 g/mol. The van der Waals surface area contributed by atoms with Crippen molar-refractivity contribution >= 4 is 54.0 Å². The minimum absolute atomic E-state index is 0. The SMILES string of the molecule is NCCN.S.S.S.S. The van der Waals surface area contributed by atoms with Crippen LogP contribution in [0.3, 0.4) is 0 Å². The van der Waals surface area contributed by atoms with E-state index in [4.69, 9.17) is 11.5 Å². The number of hydrogen-bond donors (Lipinski definition) is 2. The van der Waals surface area contributed by atoms with Gasteiger partial charge in [0.15, 0.2) is 0 Å². The van der Waals surface area contributed by atoms with Crippen molar-refractivity contribution in [3.8, 4) is 0 Å². The largest absolute Gasteiger partial charge is 0.329 e.